The molecule has 2 aromatic heterocycles. The molecule has 1 aliphatic heterocycles. The molecule has 0 aromatic carbocycles. The van der Waals surface area contributed by atoms with Gasteiger partial charge in [0.05, 0.1) is 11.6 Å². The lowest BCUT2D eigenvalue weighted by Gasteiger charge is -2.16. The number of aliphatic carboxylic acids is 1. The Labute approximate surface area is 141 Å². The van der Waals surface area contributed by atoms with Crippen LogP contribution in [0.4, 0.5) is 5.69 Å². The molecule has 0 spiro atoms. The van der Waals surface area contributed by atoms with Crippen LogP contribution in [0.3, 0.4) is 0 Å². The summed E-state index contributed by atoms with van der Waals surface area (Å²) >= 11 is 1.23. The highest BCUT2D eigenvalue weighted by Crippen LogP contribution is 2.27. The van der Waals surface area contributed by atoms with Gasteiger partial charge in [-0.15, -0.1) is 11.3 Å². The summed E-state index contributed by atoms with van der Waals surface area (Å²) in [6.07, 6.45) is 3.49. The summed E-state index contributed by atoms with van der Waals surface area (Å²) in [7, 11) is 0. The first-order valence-electron chi connectivity index (χ1n) is 7.37. The Bertz CT molecular complexity index is 775. The number of nitrogens with zero attached hydrogens (tertiary/aromatic N) is 2. The van der Waals surface area contributed by atoms with E-state index in [1.165, 1.54) is 28.6 Å². The molecule has 2 amide bonds. The molecule has 0 aliphatic carbocycles. The third kappa shape index (κ3) is 3.28. The van der Waals surface area contributed by atoms with Crippen molar-refractivity contribution in [1.82, 2.24) is 9.88 Å². The number of carbonyl (C=O) groups excluding carboxylic acids is 2. The molecule has 1 unspecified atom stereocenters. The fraction of sp³-hybridized carbons (Fsp3) is 0.250. The Morgan fingerprint density at radius 3 is 2.67 bits per heavy atom. The number of amides is 2. The van der Waals surface area contributed by atoms with Gasteiger partial charge in [-0.05, 0) is 30.0 Å². The van der Waals surface area contributed by atoms with Gasteiger partial charge in [0.25, 0.3) is 11.8 Å². The van der Waals surface area contributed by atoms with Gasteiger partial charge >= 0.3 is 5.97 Å². The summed E-state index contributed by atoms with van der Waals surface area (Å²) in [6, 6.07) is 4.84. The summed E-state index contributed by atoms with van der Waals surface area (Å²) in [6.45, 7) is 0.606. The Hall–Kier alpha value is -2.74. The van der Waals surface area contributed by atoms with E-state index in [9.17, 15) is 14.4 Å². The third-order valence-electron chi connectivity index (χ3n) is 3.87. The van der Waals surface area contributed by atoms with Gasteiger partial charge in [0.15, 0.2) is 0 Å². The second-order valence-electron chi connectivity index (χ2n) is 5.43. The topological polar surface area (TPSA) is 99.6 Å². The average molecular weight is 345 g/mol. The molecule has 1 atom stereocenters. The van der Waals surface area contributed by atoms with Crippen molar-refractivity contribution in [1.29, 1.82) is 0 Å². The summed E-state index contributed by atoms with van der Waals surface area (Å²) in [5.41, 5.74) is 0.882. The zero-order chi connectivity index (χ0) is 17.1. The van der Waals surface area contributed by atoms with Gasteiger partial charge in [-0.1, -0.05) is 0 Å². The Kier molecular flexibility index (Phi) is 4.57. The number of nitrogens with one attached hydrogen (secondary N) is 1. The van der Waals surface area contributed by atoms with Crippen molar-refractivity contribution in [2.45, 2.75) is 6.42 Å². The summed E-state index contributed by atoms with van der Waals surface area (Å²) < 4.78 is 0. The summed E-state index contributed by atoms with van der Waals surface area (Å²) in [4.78, 5) is 41.6. The van der Waals surface area contributed by atoms with E-state index in [2.05, 4.69) is 10.3 Å². The first-order valence-corrected chi connectivity index (χ1v) is 8.25. The van der Waals surface area contributed by atoms with Crippen molar-refractivity contribution in [3.63, 3.8) is 0 Å². The molecule has 2 N–H and O–H groups in total. The number of carboxylic acids is 1. The lowest BCUT2D eigenvalue weighted by Crippen LogP contribution is -2.30. The molecule has 0 radical (unpaired) electrons. The van der Waals surface area contributed by atoms with E-state index in [1.54, 1.807) is 23.6 Å². The molecule has 3 rings (SSSR count). The van der Waals surface area contributed by atoms with Crippen LogP contribution in [-0.4, -0.2) is 45.9 Å². The molecule has 24 heavy (non-hydrogen) atoms. The van der Waals surface area contributed by atoms with Crippen molar-refractivity contribution in [3.05, 3.63) is 46.4 Å². The minimum Gasteiger partial charge on any atom is -0.481 e. The fourth-order valence-corrected chi connectivity index (χ4v) is 3.38. The number of carboxylic acid groups (broad SMARTS) is 1. The van der Waals surface area contributed by atoms with E-state index in [1.807, 2.05) is 0 Å². The maximum Gasteiger partial charge on any atom is 0.308 e. The molecule has 0 saturated carbocycles. The highest BCUT2D eigenvalue weighted by atomic mass is 32.1. The number of rotatable bonds is 4. The highest BCUT2D eigenvalue weighted by Gasteiger charge is 2.32. The standard InChI is InChI=1S/C16H15N3O4S/c20-14(10-1-5-17-6-2-10)18-12-4-8-24-13(12)15(21)19-7-3-11(9-19)16(22)23/h1-2,4-6,8,11H,3,7,9H2,(H,18,20)(H,22,23). The van der Waals surface area contributed by atoms with Crippen LogP contribution in [0.15, 0.2) is 36.0 Å². The monoisotopic (exact) mass is 345 g/mol. The maximum absolute atomic E-state index is 12.6. The predicted octanol–water partition coefficient (Wildman–Crippen LogP) is 1.94. The lowest BCUT2D eigenvalue weighted by molar-refractivity contribution is -0.141. The number of aromatic nitrogens is 1. The number of thiophene rings is 1. The largest absolute Gasteiger partial charge is 0.481 e. The van der Waals surface area contributed by atoms with Crippen LogP contribution >= 0.6 is 11.3 Å². The SMILES string of the molecule is O=C(Nc1ccsc1C(=O)N1CCC(C(=O)O)C1)c1ccncc1. The van der Waals surface area contributed by atoms with Gasteiger partial charge in [-0.3, -0.25) is 19.4 Å². The van der Waals surface area contributed by atoms with Crippen LogP contribution < -0.4 is 5.32 Å². The van der Waals surface area contributed by atoms with Gasteiger partial charge in [-0.2, -0.15) is 0 Å². The van der Waals surface area contributed by atoms with E-state index in [4.69, 9.17) is 5.11 Å². The summed E-state index contributed by atoms with van der Waals surface area (Å²) in [5, 5.41) is 13.5. The van der Waals surface area contributed by atoms with Crippen LogP contribution in [-0.2, 0) is 4.79 Å². The predicted molar refractivity (Wildman–Crippen MR) is 88.2 cm³/mol. The number of carbonyl (C=O) groups is 3. The third-order valence-corrected chi connectivity index (χ3v) is 4.78. The fourth-order valence-electron chi connectivity index (χ4n) is 2.56. The second-order valence-corrected chi connectivity index (χ2v) is 6.34. The highest BCUT2D eigenvalue weighted by molar-refractivity contribution is 7.12. The van der Waals surface area contributed by atoms with Crippen molar-refractivity contribution >= 4 is 34.8 Å². The van der Waals surface area contributed by atoms with Crippen molar-refractivity contribution < 1.29 is 19.5 Å². The molecule has 1 fully saturated rings. The van der Waals surface area contributed by atoms with Crippen LogP contribution in [0.2, 0.25) is 0 Å². The van der Waals surface area contributed by atoms with Crippen molar-refractivity contribution in [2.24, 2.45) is 5.92 Å². The van der Waals surface area contributed by atoms with Gasteiger partial charge < -0.3 is 15.3 Å². The van der Waals surface area contributed by atoms with Gasteiger partial charge in [0.2, 0.25) is 0 Å². The van der Waals surface area contributed by atoms with Crippen LogP contribution in [0.1, 0.15) is 26.5 Å². The molecule has 2 aromatic rings. The first kappa shape index (κ1) is 16.1. The second kappa shape index (κ2) is 6.79. The zero-order valence-corrected chi connectivity index (χ0v) is 13.5. The van der Waals surface area contributed by atoms with Gasteiger partial charge in [0, 0.05) is 31.0 Å². The van der Waals surface area contributed by atoms with Crippen molar-refractivity contribution in [3.8, 4) is 0 Å². The molecular formula is C16H15N3O4S. The number of anilines is 1. The minimum atomic E-state index is -0.886. The summed E-state index contributed by atoms with van der Waals surface area (Å²) in [5.74, 6) is -1.99. The average Bonchev–Trinajstić information content (AvgIpc) is 3.24. The van der Waals surface area contributed by atoms with Gasteiger partial charge in [0.1, 0.15) is 4.88 Å². The van der Waals surface area contributed by atoms with Crippen LogP contribution in [0, 0.1) is 5.92 Å². The smallest absolute Gasteiger partial charge is 0.308 e. The van der Waals surface area contributed by atoms with Crippen LogP contribution in [0.5, 0.6) is 0 Å². The normalized spacial score (nSPS) is 16.8. The van der Waals surface area contributed by atoms with E-state index < -0.39 is 11.9 Å². The molecular weight excluding hydrogens is 330 g/mol. The zero-order valence-electron chi connectivity index (χ0n) is 12.6. The number of hydrogen-bond donors (Lipinski definition) is 2. The Morgan fingerprint density at radius 2 is 2.00 bits per heavy atom. The Balaban J connectivity index is 1.72. The lowest BCUT2D eigenvalue weighted by atomic mass is 10.1. The van der Waals surface area contributed by atoms with E-state index in [0.29, 0.717) is 29.1 Å². The molecule has 0 bridgehead atoms. The first-order chi connectivity index (χ1) is 11.6. The Morgan fingerprint density at radius 1 is 1.25 bits per heavy atom. The minimum absolute atomic E-state index is 0.198. The van der Waals surface area contributed by atoms with E-state index >= 15 is 0 Å². The molecule has 8 heteroatoms. The van der Waals surface area contributed by atoms with Crippen molar-refractivity contribution in [2.75, 3.05) is 18.4 Å². The quantitative estimate of drug-likeness (QED) is 0.882. The van der Waals surface area contributed by atoms with Crippen LogP contribution in [0.25, 0.3) is 0 Å². The molecule has 1 aliphatic rings. The maximum atomic E-state index is 12.6. The molecule has 7 nitrogen and oxygen atoms in total. The molecule has 124 valence electrons. The molecule has 1 saturated heterocycles. The number of pyridine rings is 1. The van der Waals surface area contributed by atoms with E-state index in [-0.39, 0.29) is 18.4 Å². The number of hydrogen-bond acceptors (Lipinski definition) is 5. The van der Waals surface area contributed by atoms with E-state index in [0.717, 1.165) is 0 Å². The number of likely N-dealkylation sites (tertiary alicyclic amines) is 1. The molecule has 3 heterocycles. The van der Waals surface area contributed by atoms with Gasteiger partial charge in [-0.25, -0.2) is 0 Å².